The maximum atomic E-state index is 10.8. The van der Waals surface area contributed by atoms with Gasteiger partial charge in [-0.1, -0.05) is 12.7 Å². The van der Waals surface area contributed by atoms with E-state index in [1.165, 1.54) is 6.92 Å². The van der Waals surface area contributed by atoms with E-state index in [-0.39, 0.29) is 5.91 Å². The number of nitrogens with one attached hydrogen (secondary N) is 1. The van der Waals surface area contributed by atoms with Crippen LogP contribution in [-0.4, -0.2) is 19.1 Å². The minimum Gasteiger partial charge on any atom is -0.490 e. The molecule has 0 radical (unpaired) electrons. The molecule has 1 aromatic heterocycles. The zero-order valence-electron chi connectivity index (χ0n) is 10.9. The summed E-state index contributed by atoms with van der Waals surface area (Å²) < 4.78 is 11.0. The Morgan fingerprint density at radius 3 is 3.11 bits per heavy atom. The predicted octanol–water partition coefficient (Wildman–Crippen LogP) is 2.68. The molecule has 0 aliphatic rings. The molecule has 0 saturated carbocycles. The van der Waals surface area contributed by atoms with Crippen molar-refractivity contribution in [3.63, 3.8) is 0 Å². The third-order valence-electron chi connectivity index (χ3n) is 2.76. The second kappa shape index (κ2) is 6.09. The van der Waals surface area contributed by atoms with Crippen LogP contribution < -0.4 is 10.1 Å². The summed E-state index contributed by atoms with van der Waals surface area (Å²) >= 11 is 0. The maximum Gasteiger partial charge on any atom is 0.216 e. The fourth-order valence-electron chi connectivity index (χ4n) is 1.87. The molecule has 0 fully saturated rings. The largest absolute Gasteiger partial charge is 0.490 e. The van der Waals surface area contributed by atoms with E-state index in [1.54, 1.807) is 12.3 Å². The molecule has 1 N–H and O–H groups in total. The number of benzene rings is 1. The highest BCUT2D eigenvalue weighted by molar-refractivity contribution is 5.82. The van der Waals surface area contributed by atoms with Crippen molar-refractivity contribution in [1.29, 1.82) is 0 Å². The van der Waals surface area contributed by atoms with Gasteiger partial charge < -0.3 is 14.5 Å². The Balaban J connectivity index is 2.14. The topological polar surface area (TPSA) is 51.5 Å². The Bertz CT molecular complexity index is 586. The number of ether oxygens (including phenoxy) is 1. The molecule has 100 valence electrons. The highest BCUT2D eigenvalue weighted by atomic mass is 16.5. The number of furan rings is 1. The van der Waals surface area contributed by atoms with Gasteiger partial charge in [-0.3, -0.25) is 4.79 Å². The number of hydrogen-bond donors (Lipinski definition) is 1. The first-order valence-electron chi connectivity index (χ1n) is 6.19. The lowest BCUT2D eigenvalue weighted by atomic mass is 10.1. The quantitative estimate of drug-likeness (QED) is 0.811. The minimum absolute atomic E-state index is 0.0252. The second-order valence-electron chi connectivity index (χ2n) is 4.25. The summed E-state index contributed by atoms with van der Waals surface area (Å²) in [6, 6.07) is 5.70. The third-order valence-corrected chi connectivity index (χ3v) is 2.76. The van der Waals surface area contributed by atoms with E-state index in [0.29, 0.717) is 13.2 Å². The van der Waals surface area contributed by atoms with Crippen molar-refractivity contribution in [2.45, 2.75) is 13.3 Å². The summed E-state index contributed by atoms with van der Waals surface area (Å²) in [7, 11) is 0. The molecule has 1 heterocycles. The SMILES string of the molecule is C=CCOc1ccc2occ(CCNC(C)=O)c2c1. The number of amides is 1. The van der Waals surface area contributed by atoms with Crippen LogP contribution in [-0.2, 0) is 11.2 Å². The molecule has 1 amide bonds. The highest BCUT2D eigenvalue weighted by Gasteiger charge is 2.07. The molecule has 0 aliphatic carbocycles. The Morgan fingerprint density at radius 1 is 1.53 bits per heavy atom. The lowest BCUT2D eigenvalue weighted by Gasteiger charge is -2.04. The molecule has 0 atom stereocenters. The monoisotopic (exact) mass is 259 g/mol. The van der Waals surface area contributed by atoms with Crippen molar-refractivity contribution in [2.24, 2.45) is 0 Å². The second-order valence-corrected chi connectivity index (χ2v) is 4.25. The maximum absolute atomic E-state index is 10.8. The van der Waals surface area contributed by atoms with Gasteiger partial charge in [0.1, 0.15) is 17.9 Å². The first kappa shape index (κ1) is 13.2. The van der Waals surface area contributed by atoms with Gasteiger partial charge in [0.25, 0.3) is 0 Å². The smallest absolute Gasteiger partial charge is 0.216 e. The molecule has 0 unspecified atom stereocenters. The van der Waals surface area contributed by atoms with Crippen molar-refractivity contribution in [3.05, 3.63) is 42.7 Å². The molecule has 19 heavy (non-hydrogen) atoms. The molecule has 2 rings (SSSR count). The van der Waals surface area contributed by atoms with E-state index in [0.717, 1.165) is 28.7 Å². The van der Waals surface area contributed by atoms with Crippen molar-refractivity contribution in [3.8, 4) is 5.75 Å². The van der Waals surface area contributed by atoms with Gasteiger partial charge in [0.2, 0.25) is 5.91 Å². The highest BCUT2D eigenvalue weighted by Crippen LogP contribution is 2.26. The van der Waals surface area contributed by atoms with Crippen LogP contribution in [0.25, 0.3) is 11.0 Å². The van der Waals surface area contributed by atoms with Crippen LogP contribution in [0.1, 0.15) is 12.5 Å². The Morgan fingerprint density at radius 2 is 2.37 bits per heavy atom. The molecule has 1 aromatic carbocycles. The number of hydrogen-bond acceptors (Lipinski definition) is 3. The summed E-state index contributed by atoms with van der Waals surface area (Å²) in [6.45, 7) is 6.20. The molecular formula is C15H17NO3. The summed E-state index contributed by atoms with van der Waals surface area (Å²) in [4.78, 5) is 10.8. The molecule has 0 bridgehead atoms. The summed E-state index contributed by atoms with van der Waals surface area (Å²) in [5.41, 5.74) is 1.89. The molecular weight excluding hydrogens is 242 g/mol. The predicted molar refractivity (Wildman–Crippen MR) is 74.3 cm³/mol. The Hall–Kier alpha value is -2.23. The summed E-state index contributed by atoms with van der Waals surface area (Å²) in [6.07, 6.45) is 4.17. The number of carbonyl (C=O) groups excluding carboxylic acids is 1. The summed E-state index contributed by atoms with van der Waals surface area (Å²) in [5, 5.41) is 3.79. The van der Waals surface area contributed by atoms with Crippen LogP contribution in [0.4, 0.5) is 0 Å². The molecule has 0 saturated heterocycles. The normalized spacial score (nSPS) is 10.4. The van der Waals surface area contributed by atoms with Crippen molar-refractivity contribution in [1.82, 2.24) is 5.32 Å². The third kappa shape index (κ3) is 3.37. The molecule has 2 aromatic rings. The fourth-order valence-corrected chi connectivity index (χ4v) is 1.87. The lowest BCUT2D eigenvalue weighted by molar-refractivity contribution is -0.118. The van der Waals surface area contributed by atoms with Crippen LogP contribution in [0, 0.1) is 0 Å². The van der Waals surface area contributed by atoms with Crippen LogP contribution in [0.15, 0.2) is 41.5 Å². The Labute approximate surface area is 112 Å². The zero-order chi connectivity index (χ0) is 13.7. The van der Waals surface area contributed by atoms with Crippen LogP contribution in [0.2, 0.25) is 0 Å². The number of fused-ring (bicyclic) bond motifs is 1. The van der Waals surface area contributed by atoms with E-state index in [2.05, 4.69) is 11.9 Å². The van der Waals surface area contributed by atoms with Gasteiger partial charge in [-0.15, -0.1) is 0 Å². The van der Waals surface area contributed by atoms with E-state index in [4.69, 9.17) is 9.15 Å². The van der Waals surface area contributed by atoms with Gasteiger partial charge >= 0.3 is 0 Å². The van der Waals surface area contributed by atoms with Gasteiger partial charge in [-0.05, 0) is 24.6 Å². The van der Waals surface area contributed by atoms with Gasteiger partial charge in [-0.25, -0.2) is 0 Å². The van der Waals surface area contributed by atoms with Crippen LogP contribution >= 0.6 is 0 Å². The number of rotatable bonds is 6. The van der Waals surface area contributed by atoms with Crippen molar-refractivity contribution in [2.75, 3.05) is 13.2 Å². The standard InChI is InChI=1S/C15H17NO3/c1-3-8-18-13-4-5-15-14(9-13)12(10-19-15)6-7-16-11(2)17/h3-5,9-10H,1,6-8H2,2H3,(H,16,17). The van der Waals surface area contributed by atoms with Crippen molar-refractivity contribution >= 4 is 16.9 Å². The van der Waals surface area contributed by atoms with E-state index < -0.39 is 0 Å². The average Bonchev–Trinajstić information content (AvgIpc) is 2.79. The minimum atomic E-state index is -0.0252. The summed E-state index contributed by atoms with van der Waals surface area (Å²) in [5.74, 6) is 0.761. The van der Waals surface area contributed by atoms with Crippen molar-refractivity contribution < 1.29 is 13.9 Å². The first-order chi connectivity index (χ1) is 9.20. The molecule has 4 heteroatoms. The van der Waals surface area contributed by atoms with Crippen LogP contribution in [0.5, 0.6) is 5.75 Å². The lowest BCUT2D eigenvalue weighted by Crippen LogP contribution is -2.22. The first-order valence-corrected chi connectivity index (χ1v) is 6.19. The molecule has 0 aliphatic heterocycles. The van der Waals surface area contributed by atoms with Gasteiger partial charge in [0.05, 0.1) is 6.26 Å². The van der Waals surface area contributed by atoms with Gasteiger partial charge in [0, 0.05) is 24.4 Å². The van der Waals surface area contributed by atoms with Gasteiger partial charge in [0.15, 0.2) is 0 Å². The van der Waals surface area contributed by atoms with E-state index in [1.807, 2.05) is 18.2 Å². The molecule has 4 nitrogen and oxygen atoms in total. The van der Waals surface area contributed by atoms with Crippen LogP contribution in [0.3, 0.4) is 0 Å². The Kier molecular flexibility index (Phi) is 4.23. The number of carbonyl (C=O) groups is 1. The van der Waals surface area contributed by atoms with E-state index in [9.17, 15) is 4.79 Å². The fraction of sp³-hybridized carbons (Fsp3) is 0.267. The van der Waals surface area contributed by atoms with E-state index >= 15 is 0 Å². The van der Waals surface area contributed by atoms with Gasteiger partial charge in [-0.2, -0.15) is 0 Å². The molecule has 0 spiro atoms. The average molecular weight is 259 g/mol. The zero-order valence-corrected chi connectivity index (χ0v) is 10.9.